The number of hydrogen-bond acceptors (Lipinski definition) is 4. The van der Waals surface area contributed by atoms with Crippen LogP contribution in [0.15, 0.2) is 35.7 Å². The van der Waals surface area contributed by atoms with Gasteiger partial charge in [-0.3, -0.25) is 9.69 Å². The molecule has 1 aromatic heterocycles. The van der Waals surface area contributed by atoms with Gasteiger partial charge in [0.25, 0.3) is 0 Å². The van der Waals surface area contributed by atoms with Gasteiger partial charge in [0, 0.05) is 23.9 Å². The number of carbonyl (C=O) groups is 1. The van der Waals surface area contributed by atoms with Gasteiger partial charge in [0.2, 0.25) is 0 Å². The van der Waals surface area contributed by atoms with Gasteiger partial charge in [-0.2, -0.15) is 0 Å². The molecule has 200 valence electrons. The highest BCUT2D eigenvalue weighted by Crippen LogP contribution is 2.34. The lowest BCUT2D eigenvalue weighted by Gasteiger charge is -2.35. The monoisotopic (exact) mass is 511 g/mol. The molecular formula is C32H49NO2S. The van der Waals surface area contributed by atoms with Crippen LogP contribution in [-0.2, 0) is 24.1 Å². The van der Waals surface area contributed by atoms with Crippen LogP contribution in [0.3, 0.4) is 0 Å². The first-order valence-electron chi connectivity index (χ1n) is 14.7. The van der Waals surface area contributed by atoms with E-state index in [0.29, 0.717) is 24.3 Å². The lowest BCUT2D eigenvalue weighted by atomic mass is 9.80. The Morgan fingerprint density at radius 1 is 0.972 bits per heavy atom. The Balaban J connectivity index is 1.64. The number of fused-ring (bicyclic) bond motifs is 1. The number of esters is 1. The van der Waals surface area contributed by atoms with Gasteiger partial charge in [-0.05, 0) is 85.5 Å². The number of nitrogens with zero attached hydrogens (tertiary/aromatic N) is 1. The Morgan fingerprint density at radius 2 is 1.72 bits per heavy atom. The molecule has 1 heterocycles. The predicted molar refractivity (Wildman–Crippen MR) is 154 cm³/mol. The summed E-state index contributed by atoms with van der Waals surface area (Å²) in [7, 11) is 0. The van der Waals surface area contributed by atoms with E-state index in [1.807, 2.05) is 17.4 Å². The number of benzene rings is 1. The van der Waals surface area contributed by atoms with Gasteiger partial charge in [-0.1, -0.05) is 78.0 Å². The van der Waals surface area contributed by atoms with Crippen LogP contribution >= 0.6 is 11.3 Å². The van der Waals surface area contributed by atoms with Gasteiger partial charge in [0.05, 0.1) is 0 Å². The SMILES string of the molecule is CCCC(CCC)C(CCC)CC(=O)Oc1cccc2c1CCC(N(CCC)CCc1cccs1)C2. The number of hydrogen-bond donors (Lipinski definition) is 0. The van der Waals surface area contributed by atoms with Crippen molar-refractivity contribution in [2.24, 2.45) is 11.8 Å². The first kappa shape index (κ1) is 28.9. The molecule has 2 atom stereocenters. The normalized spacial score (nSPS) is 16.3. The third-order valence-electron chi connectivity index (χ3n) is 7.96. The molecule has 4 heteroatoms. The van der Waals surface area contributed by atoms with E-state index >= 15 is 0 Å². The third-order valence-corrected chi connectivity index (χ3v) is 8.90. The van der Waals surface area contributed by atoms with Crippen LogP contribution in [0.1, 0.15) is 101 Å². The van der Waals surface area contributed by atoms with E-state index in [-0.39, 0.29) is 5.97 Å². The maximum Gasteiger partial charge on any atom is 0.311 e. The largest absolute Gasteiger partial charge is 0.426 e. The lowest BCUT2D eigenvalue weighted by molar-refractivity contribution is -0.136. The van der Waals surface area contributed by atoms with Gasteiger partial charge in [-0.25, -0.2) is 0 Å². The molecule has 36 heavy (non-hydrogen) atoms. The molecule has 1 aliphatic carbocycles. The van der Waals surface area contributed by atoms with Crippen LogP contribution in [-0.4, -0.2) is 30.0 Å². The first-order valence-corrected chi connectivity index (χ1v) is 15.5. The summed E-state index contributed by atoms with van der Waals surface area (Å²) in [5.74, 6) is 1.85. The van der Waals surface area contributed by atoms with Gasteiger partial charge in [0.15, 0.2) is 0 Å². The van der Waals surface area contributed by atoms with Crippen LogP contribution in [0.4, 0.5) is 0 Å². The lowest BCUT2D eigenvalue weighted by Crippen LogP contribution is -2.41. The maximum absolute atomic E-state index is 13.1. The molecule has 0 aliphatic heterocycles. The van der Waals surface area contributed by atoms with Gasteiger partial charge in [0.1, 0.15) is 5.75 Å². The number of thiophene rings is 1. The predicted octanol–water partition coefficient (Wildman–Crippen LogP) is 8.49. The molecule has 0 spiro atoms. The van der Waals surface area contributed by atoms with E-state index in [0.717, 1.165) is 57.4 Å². The summed E-state index contributed by atoms with van der Waals surface area (Å²) in [5.41, 5.74) is 2.64. The van der Waals surface area contributed by atoms with E-state index < -0.39 is 0 Å². The standard InChI is InChI=1S/C32H49NO2S/c1-5-11-25(12-6-2)26(13-7-3)24-32(34)35-31-16-9-14-27-23-28(17-18-30(27)31)33(20-8-4)21-19-29-15-10-22-36-29/h9-10,14-16,22,25-26,28H,5-8,11-13,17-21,23-24H2,1-4H3. The number of carbonyl (C=O) groups excluding carboxylic acids is 1. The summed E-state index contributed by atoms with van der Waals surface area (Å²) < 4.78 is 6.08. The van der Waals surface area contributed by atoms with Gasteiger partial charge in [-0.15, -0.1) is 11.3 Å². The molecule has 1 aromatic carbocycles. The summed E-state index contributed by atoms with van der Waals surface area (Å²) in [6.07, 6.45) is 13.1. The quantitative estimate of drug-likeness (QED) is 0.167. The molecule has 3 rings (SSSR count). The summed E-state index contributed by atoms with van der Waals surface area (Å²) in [6, 6.07) is 11.3. The first-order chi connectivity index (χ1) is 17.6. The highest BCUT2D eigenvalue weighted by atomic mass is 32.1. The topological polar surface area (TPSA) is 29.5 Å². The molecule has 0 saturated carbocycles. The number of rotatable bonds is 16. The second-order valence-corrected chi connectivity index (χ2v) is 11.8. The van der Waals surface area contributed by atoms with Gasteiger partial charge < -0.3 is 4.74 Å². The smallest absolute Gasteiger partial charge is 0.311 e. The van der Waals surface area contributed by atoms with Crippen molar-refractivity contribution in [1.29, 1.82) is 0 Å². The van der Waals surface area contributed by atoms with Crippen LogP contribution < -0.4 is 4.74 Å². The summed E-state index contributed by atoms with van der Waals surface area (Å²) in [4.78, 5) is 17.3. The molecule has 2 unspecified atom stereocenters. The van der Waals surface area contributed by atoms with Crippen LogP contribution in [0.5, 0.6) is 5.75 Å². The molecule has 0 N–H and O–H groups in total. The minimum atomic E-state index is -0.0373. The van der Waals surface area contributed by atoms with E-state index in [4.69, 9.17) is 4.74 Å². The molecule has 0 saturated heterocycles. The van der Waals surface area contributed by atoms with Crippen molar-refractivity contribution in [3.05, 3.63) is 51.7 Å². The van der Waals surface area contributed by atoms with Crippen molar-refractivity contribution < 1.29 is 9.53 Å². The highest BCUT2D eigenvalue weighted by Gasteiger charge is 2.28. The highest BCUT2D eigenvalue weighted by molar-refractivity contribution is 7.09. The van der Waals surface area contributed by atoms with E-state index in [9.17, 15) is 4.79 Å². The van der Waals surface area contributed by atoms with Crippen LogP contribution in [0.25, 0.3) is 0 Å². The summed E-state index contributed by atoms with van der Waals surface area (Å²) in [5, 5.41) is 2.18. The van der Waals surface area contributed by atoms with Crippen LogP contribution in [0.2, 0.25) is 0 Å². The fourth-order valence-electron chi connectivity index (χ4n) is 6.24. The van der Waals surface area contributed by atoms with Crippen molar-refractivity contribution >= 4 is 17.3 Å². The summed E-state index contributed by atoms with van der Waals surface area (Å²) in [6.45, 7) is 11.3. The maximum atomic E-state index is 13.1. The zero-order valence-electron chi connectivity index (χ0n) is 23.3. The molecule has 0 bridgehead atoms. The molecule has 2 aromatic rings. The zero-order valence-corrected chi connectivity index (χ0v) is 24.1. The van der Waals surface area contributed by atoms with Crippen molar-refractivity contribution in [1.82, 2.24) is 4.90 Å². The Morgan fingerprint density at radius 3 is 2.39 bits per heavy atom. The van der Waals surface area contributed by atoms with E-state index in [1.54, 1.807) is 0 Å². The van der Waals surface area contributed by atoms with Crippen molar-refractivity contribution in [3.63, 3.8) is 0 Å². The van der Waals surface area contributed by atoms with Gasteiger partial charge >= 0.3 is 5.97 Å². The fraction of sp³-hybridized carbons (Fsp3) is 0.656. The third kappa shape index (κ3) is 8.45. The van der Waals surface area contributed by atoms with E-state index in [2.05, 4.69) is 62.2 Å². The average Bonchev–Trinajstić information content (AvgIpc) is 3.40. The van der Waals surface area contributed by atoms with E-state index in [1.165, 1.54) is 48.1 Å². The van der Waals surface area contributed by atoms with Crippen molar-refractivity contribution in [2.75, 3.05) is 13.1 Å². The molecule has 0 amide bonds. The van der Waals surface area contributed by atoms with Crippen LogP contribution in [0, 0.1) is 11.8 Å². The summed E-state index contributed by atoms with van der Waals surface area (Å²) >= 11 is 1.86. The Kier molecular flexibility index (Phi) is 12.5. The molecule has 1 aliphatic rings. The zero-order chi connectivity index (χ0) is 25.8. The molecule has 0 fully saturated rings. The fourth-order valence-corrected chi connectivity index (χ4v) is 6.94. The molecule has 3 nitrogen and oxygen atoms in total. The molecular weight excluding hydrogens is 462 g/mol. The second kappa shape index (κ2) is 15.6. The average molecular weight is 512 g/mol. The number of ether oxygens (including phenoxy) is 1. The molecule has 0 radical (unpaired) electrons. The Bertz CT molecular complexity index is 888. The van der Waals surface area contributed by atoms with Crippen molar-refractivity contribution in [2.45, 2.75) is 111 Å². The minimum absolute atomic E-state index is 0.0373. The minimum Gasteiger partial charge on any atom is -0.426 e. The Hall–Kier alpha value is -1.65. The van der Waals surface area contributed by atoms with Crippen molar-refractivity contribution in [3.8, 4) is 5.75 Å². The Labute approximate surface area is 224 Å². The second-order valence-electron chi connectivity index (χ2n) is 10.7.